The lowest BCUT2D eigenvalue weighted by molar-refractivity contribution is 0.0910. The fourth-order valence-electron chi connectivity index (χ4n) is 3.10. The number of hydrogen-bond acceptors (Lipinski definition) is 4. The smallest absolute Gasteiger partial charge is 0.261 e. The van der Waals surface area contributed by atoms with Crippen LogP contribution < -0.4 is 10.9 Å². The second-order valence-electron chi connectivity index (χ2n) is 7.03. The molecule has 0 bridgehead atoms. The summed E-state index contributed by atoms with van der Waals surface area (Å²) < 4.78 is 0. The highest BCUT2D eigenvalue weighted by Crippen LogP contribution is 2.33. The van der Waals surface area contributed by atoms with Gasteiger partial charge in [-0.1, -0.05) is 19.9 Å². The number of carbonyl (C=O) groups excluding carboxylic acids is 2. The SMILES string of the molecule is CSc1cccc(NC(=O)c2cc3c([nH]c2=O)CC(C)(C)CC3=O)c1. The molecule has 0 saturated carbocycles. The lowest BCUT2D eigenvalue weighted by Crippen LogP contribution is -2.32. The molecule has 1 amide bonds. The molecule has 0 spiro atoms. The number of anilines is 1. The third-order valence-corrected chi connectivity index (χ3v) is 5.02. The molecule has 0 atom stereocenters. The highest BCUT2D eigenvalue weighted by molar-refractivity contribution is 7.98. The minimum Gasteiger partial charge on any atom is -0.325 e. The molecular weight excluding hydrogens is 336 g/mol. The summed E-state index contributed by atoms with van der Waals surface area (Å²) in [5, 5.41) is 2.73. The van der Waals surface area contributed by atoms with E-state index in [-0.39, 0.29) is 16.8 Å². The molecule has 0 aliphatic heterocycles. The Balaban J connectivity index is 1.93. The Morgan fingerprint density at radius 3 is 2.68 bits per heavy atom. The van der Waals surface area contributed by atoms with Gasteiger partial charge in [-0.3, -0.25) is 14.4 Å². The van der Waals surface area contributed by atoms with Gasteiger partial charge in [0.1, 0.15) is 5.56 Å². The predicted octanol–water partition coefficient (Wildman–Crippen LogP) is 3.50. The first-order valence-corrected chi connectivity index (χ1v) is 9.26. The van der Waals surface area contributed by atoms with E-state index in [0.29, 0.717) is 29.8 Å². The van der Waals surface area contributed by atoms with Crippen LogP contribution in [0.4, 0.5) is 5.69 Å². The van der Waals surface area contributed by atoms with Gasteiger partial charge >= 0.3 is 0 Å². The Morgan fingerprint density at radius 1 is 1.20 bits per heavy atom. The second-order valence-corrected chi connectivity index (χ2v) is 7.91. The number of pyridine rings is 1. The largest absolute Gasteiger partial charge is 0.325 e. The zero-order chi connectivity index (χ0) is 18.2. The molecule has 1 heterocycles. The molecule has 2 aromatic rings. The van der Waals surface area contributed by atoms with Crippen LogP contribution in [-0.2, 0) is 6.42 Å². The van der Waals surface area contributed by atoms with Gasteiger partial charge in [-0.05, 0) is 42.4 Å². The zero-order valence-electron chi connectivity index (χ0n) is 14.4. The molecule has 0 unspecified atom stereocenters. The predicted molar refractivity (Wildman–Crippen MR) is 99.7 cm³/mol. The van der Waals surface area contributed by atoms with E-state index in [0.717, 1.165) is 4.90 Å². The first kappa shape index (κ1) is 17.5. The number of H-pyrrole nitrogens is 1. The van der Waals surface area contributed by atoms with Crippen LogP contribution >= 0.6 is 11.8 Å². The number of thioether (sulfide) groups is 1. The van der Waals surface area contributed by atoms with Crippen LogP contribution in [0.15, 0.2) is 40.0 Å². The first-order chi connectivity index (χ1) is 11.8. The molecule has 0 fully saturated rings. The Kier molecular flexibility index (Phi) is 4.56. The number of benzene rings is 1. The van der Waals surface area contributed by atoms with Crippen molar-refractivity contribution < 1.29 is 9.59 Å². The van der Waals surface area contributed by atoms with E-state index in [2.05, 4.69) is 10.3 Å². The maximum atomic E-state index is 12.5. The van der Waals surface area contributed by atoms with Crippen molar-refractivity contribution in [1.82, 2.24) is 4.98 Å². The molecule has 1 aliphatic carbocycles. The molecular formula is C19H20N2O3S. The number of fused-ring (bicyclic) bond motifs is 1. The van der Waals surface area contributed by atoms with E-state index in [1.54, 1.807) is 17.8 Å². The molecule has 3 rings (SSSR count). The van der Waals surface area contributed by atoms with E-state index in [9.17, 15) is 14.4 Å². The number of ketones is 1. The van der Waals surface area contributed by atoms with Gasteiger partial charge in [-0.2, -0.15) is 0 Å². The number of amides is 1. The van der Waals surface area contributed by atoms with Crippen LogP contribution in [0.5, 0.6) is 0 Å². The summed E-state index contributed by atoms with van der Waals surface area (Å²) in [6.07, 6.45) is 2.96. The summed E-state index contributed by atoms with van der Waals surface area (Å²) in [6.45, 7) is 3.98. The van der Waals surface area contributed by atoms with Crippen LogP contribution in [0, 0.1) is 5.41 Å². The topological polar surface area (TPSA) is 79.0 Å². The van der Waals surface area contributed by atoms with Crippen LogP contribution in [-0.4, -0.2) is 22.9 Å². The van der Waals surface area contributed by atoms with Crippen molar-refractivity contribution in [3.05, 3.63) is 57.5 Å². The highest BCUT2D eigenvalue weighted by Gasteiger charge is 2.32. The van der Waals surface area contributed by atoms with Crippen molar-refractivity contribution in [3.8, 4) is 0 Å². The molecule has 0 radical (unpaired) electrons. The molecule has 25 heavy (non-hydrogen) atoms. The fourth-order valence-corrected chi connectivity index (χ4v) is 3.56. The highest BCUT2D eigenvalue weighted by atomic mass is 32.2. The van der Waals surface area contributed by atoms with E-state index < -0.39 is 11.5 Å². The average Bonchev–Trinajstić information content (AvgIpc) is 2.53. The van der Waals surface area contributed by atoms with Gasteiger partial charge in [-0.15, -0.1) is 11.8 Å². The summed E-state index contributed by atoms with van der Waals surface area (Å²) in [6, 6.07) is 8.80. The Morgan fingerprint density at radius 2 is 1.96 bits per heavy atom. The number of aromatic amines is 1. The van der Waals surface area contributed by atoms with E-state index in [4.69, 9.17) is 0 Å². The number of Topliss-reactive ketones (excluding diaryl/α,β-unsaturated/α-hetero) is 1. The molecule has 1 aromatic heterocycles. The van der Waals surface area contributed by atoms with Crippen molar-refractivity contribution >= 4 is 29.1 Å². The number of hydrogen-bond donors (Lipinski definition) is 2. The van der Waals surface area contributed by atoms with Gasteiger partial charge in [0.2, 0.25) is 0 Å². The van der Waals surface area contributed by atoms with Crippen LogP contribution in [0.3, 0.4) is 0 Å². The van der Waals surface area contributed by atoms with Crippen molar-refractivity contribution in [2.24, 2.45) is 5.41 Å². The van der Waals surface area contributed by atoms with Crippen molar-refractivity contribution in [2.75, 3.05) is 11.6 Å². The van der Waals surface area contributed by atoms with Gasteiger partial charge in [0, 0.05) is 28.3 Å². The summed E-state index contributed by atoms with van der Waals surface area (Å²) in [5.41, 5.74) is 0.981. The zero-order valence-corrected chi connectivity index (χ0v) is 15.3. The maximum absolute atomic E-state index is 12.5. The third kappa shape index (κ3) is 3.69. The van der Waals surface area contributed by atoms with E-state index in [1.165, 1.54) is 6.07 Å². The van der Waals surface area contributed by atoms with Gasteiger partial charge < -0.3 is 10.3 Å². The molecule has 6 heteroatoms. The normalized spacial score (nSPS) is 15.6. The molecule has 130 valence electrons. The summed E-state index contributed by atoms with van der Waals surface area (Å²) >= 11 is 1.56. The van der Waals surface area contributed by atoms with Gasteiger partial charge in [0.05, 0.1) is 0 Å². The molecule has 1 aromatic carbocycles. The minimum atomic E-state index is -0.514. The Bertz CT molecular complexity index is 915. The lowest BCUT2D eigenvalue weighted by atomic mass is 9.75. The fraction of sp³-hybridized carbons (Fsp3) is 0.316. The number of carbonyl (C=O) groups is 2. The van der Waals surface area contributed by atoms with Gasteiger partial charge in [0.25, 0.3) is 11.5 Å². The maximum Gasteiger partial charge on any atom is 0.261 e. The summed E-state index contributed by atoms with van der Waals surface area (Å²) in [4.78, 5) is 40.9. The van der Waals surface area contributed by atoms with Crippen molar-refractivity contribution in [1.29, 1.82) is 0 Å². The summed E-state index contributed by atoms with van der Waals surface area (Å²) in [7, 11) is 0. The van der Waals surface area contributed by atoms with Crippen LogP contribution in [0.25, 0.3) is 0 Å². The van der Waals surface area contributed by atoms with Gasteiger partial charge in [0.15, 0.2) is 5.78 Å². The first-order valence-electron chi connectivity index (χ1n) is 8.04. The Labute approximate surface area is 150 Å². The second kappa shape index (κ2) is 6.52. The van der Waals surface area contributed by atoms with E-state index >= 15 is 0 Å². The van der Waals surface area contributed by atoms with Crippen molar-refractivity contribution in [2.45, 2.75) is 31.6 Å². The standard InChI is InChI=1S/C19H20N2O3S/c1-19(2)9-15-13(16(22)10-19)8-14(18(24)21-15)17(23)20-11-5-4-6-12(7-11)25-3/h4-8H,9-10H2,1-3H3,(H,20,23)(H,21,24). The number of rotatable bonds is 3. The van der Waals surface area contributed by atoms with Crippen molar-refractivity contribution in [3.63, 3.8) is 0 Å². The lowest BCUT2D eigenvalue weighted by Gasteiger charge is -2.29. The van der Waals surface area contributed by atoms with Gasteiger partial charge in [-0.25, -0.2) is 0 Å². The van der Waals surface area contributed by atoms with E-state index in [1.807, 2.05) is 38.3 Å². The molecule has 0 saturated heterocycles. The molecule has 1 aliphatic rings. The molecule has 5 nitrogen and oxygen atoms in total. The average molecular weight is 356 g/mol. The third-order valence-electron chi connectivity index (χ3n) is 4.29. The number of nitrogens with one attached hydrogen (secondary N) is 2. The monoisotopic (exact) mass is 356 g/mol. The quantitative estimate of drug-likeness (QED) is 0.825. The van der Waals surface area contributed by atoms with Crippen LogP contribution in [0.2, 0.25) is 0 Å². The minimum absolute atomic E-state index is 0.0404. The van der Waals surface area contributed by atoms with Crippen LogP contribution in [0.1, 0.15) is 46.7 Å². The molecule has 2 N–H and O–H groups in total. The summed E-state index contributed by atoms with van der Waals surface area (Å²) in [5.74, 6) is -0.555. The number of aromatic nitrogens is 1. The Hall–Kier alpha value is -2.34.